The topological polar surface area (TPSA) is 78.4 Å². The molecule has 98 valence electrons. The number of nitrogens with one attached hydrogen (secondary N) is 2. The van der Waals surface area contributed by atoms with Gasteiger partial charge in [-0.25, -0.2) is 4.79 Å². The summed E-state index contributed by atoms with van der Waals surface area (Å²) in [5.41, 5.74) is 0. The number of hydrogen-bond acceptors (Lipinski definition) is 3. The van der Waals surface area contributed by atoms with Crippen LogP contribution in [0.5, 0.6) is 0 Å². The van der Waals surface area contributed by atoms with Crippen molar-refractivity contribution in [2.24, 2.45) is 11.8 Å². The number of carboxylic acid groups (broad SMARTS) is 1. The molecule has 0 saturated carbocycles. The van der Waals surface area contributed by atoms with Crippen molar-refractivity contribution in [3.63, 3.8) is 0 Å². The lowest BCUT2D eigenvalue weighted by molar-refractivity contribution is -0.143. The number of carbonyl (C=O) groups excluding carboxylic acids is 1. The van der Waals surface area contributed by atoms with Crippen molar-refractivity contribution in [2.75, 3.05) is 13.1 Å². The summed E-state index contributed by atoms with van der Waals surface area (Å²) in [6, 6.07) is -0.779. The number of piperidine rings is 1. The van der Waals surface area contributed by atoms with Crippen LogP contribution in [-0.4, -0.2) is 36.1 Å². The first-order chi connectivity index (χ1) is 8.00. The summed E-state index contributed by atoms with van der Waals surface area (Å²) in [5.74, 6) is -0.874. The van der Waals surface area contributed by atoms with Gasteiger partial charge in [0.2, 0.25) is 5.91 Å². The van der Waals surface area contributed by atoms with Gasteiger partial charge in [-0.1, -0.05) is 13.8 Å². The lowest BCUT2D eigenvalue weighted by atomic mass is 9.95. The van der Waals surface area contributed by atoms with Crippen molar-refractivity contribution < 1.29 is 14.7 Å². The van der Waals surface area contributed by atoms with Crippen LogP contribution >= 0.6 is 0 Å². The average molecular weight is 242 g/mol. The number of rotatable bonds is 5. The van der Waals surface area contributed by atoms with E-state index in [1.54, 1.807) is 13.8 Å². The van der Waals surface area contributed by atoms with Crippen molar-refractivity contribution in [1.29, 1.82) is 0 Å². The third kappa shape index (κ3) is 4.73. The van der Waals surface area contributed by atoms with E-state index in [1.807, 2.05) is 0 Å². The van der Waals surface area contributed by atoms with Crippen molar-refractivity contribution in [1.82, 2.24) is 10.6 Å². The molecule has 5 nitrogen and oxygen atoms in total. The molecule has 1 rings (SSSR count). The van der Waals surface area contributed by atoms with E-state index in [0.29, 0.717) is 12.3 Å². The predicted octanol–water partition coefficient (Wildman–Crippen LogP) is 0.601. The summed E-state index contributed by atoms with van der Waals surface area (Å²) in [7, 11) is 0. The van der Waals surface area contributed by atoms with Gasteiger partial charge in [0.05, 0.1) is 0 Å². The van der Waals surface area contributed by atoms with Crippen LogP contribution in [0, 0.1) is 11.8 Å². The molecule has 0 aliphatic carbocycles. The Morgan fingerprint density at radius 3 is 2.65 bits per heavy atom. The van der Waals surface area contributed by atoms with Gasteiger partial charge in [-0.05, 0) is 37.8 Å². The Morgan fingerprint density at radius 1 is 1.47 bits per heavy atom. The fraction of sp³-hybridized carbons (Fsp3) is 0.833. The molecule has 2 atom stereocenters. The van der Waals surface area contributed by atoms with E-state index in [2.05, 4.69) is 10.6 Å². The maximum atomic E-state index is 11.7. The molecule has 1 unspecified atom stereocenters. The monoisotopic (exact) mass is 242 g/mol. The third-order valence-corrected chi connectivity index (χ3v) is 3.12. The minimum absolute atomic E-state index is 0.0964. The predicted molar refractivity (Wildman–Crippen MR) is 64.6 cm³/mol. The second kappa shape index (κ2) is 6.59. The summed E-state index contributed by atoms with van der Waals surface area (Å²) in [5, 5.41) is 14.8. The quantitative estimate of drug-likeness (QED) is 0.659. The van der Waals surface area contributed by atoms with Crippen LogP contribution in [0.25, 0.3) is 0 Å². The zero-order chi connectivity index (χ0) is 12.8. The molecule has 0 bridgehead atoms. The average Bonchev–Trinajstić information content (AvgIpc) is 2.26. The van der Waals surface area contributed by atoms with Gasteiger partial charge < -0.3 is 15.7 Å². The minimum Gasteiger partial charge on any atom is -0.480 e. The molecule has 1 amide bonds. The van der Waals surface area contributed by atoms with Gasteiger partial charge in [-0.3, -0.25) is 4.79 Å². The molecule has 0 radical (unpaired) electrons. The molecular weight excluding hydrogens is 220 g/mol. The standard InChI is InChI=1S/C12H22N2O3/c1-8(2)11(12(16)17)14-10(15)6-9-4-3-5-13-7-9/h8-9,11,13H,3-7H2,1-2H3,(H,14,15)(H,16,17)/t9?,11-/m1/s1. The molecule has 0 aromatic carbocycles. The molecule has 3 N–H and O–H groups in total. The van der Waals surface area contributed by atoms with Crippen molar-refractivity contribution in [3.8, 4) is 0 Å². The molecule has 1 aliphatic heterocycles. The summed E-state index contributed by atoms with van der Waals surface area (Å²) < 4.78 is 0. The van der Waals surface area contributed by atoms with E-state index in [-0.39, 0.29) is 11.8 Å². The van der Waals surface area contributed by atoms with Gasteiger partial charge in [-0.15, -0.1) is 0 Å². The molecule has 1 heterocycles. The lowest BCUT2D eigenvalue weighted by Gasteiger charge is -2.24. The first kappa shape index (κ1) is 14.0. The zero-order valence-corrected chi connectivity index (χ0v) is 10.5. The van der Waals surface area contributed by atoms with Crippen LogP contribution < -0.4 is 10.6 Å². The number of aliphatic carboxylic acids is 1. The molecule has 1 aliphatic rings. The highest BCUT2D eigenvalue weighted by molar-refractivity contribution is 5.83. The summed E-state index contributed by atoms with van der Waals surface area (Å²) in [6.07, 6.45) is 2.55. The van der Waals surface area contributed by atoms with E-state index in [9.17, 15) is 9.59 Å². The van der Waals surface area contributed by atoms with E-state index in [1.165, 1.54) is 0 Å². The number of hydrogen-bond donors (Lipinski definition) is 3. The largest absolute Gasteiger partial charge is 0.480 e. The Balaban J connectivity index is 2.38. The first-order valence-electron chi connectivity index (χ1n) is 6.23. The maximum absolute atomic E-state index is 11.7. The SMILES string of the molecule is CC(C)[C@@H](NC(=O)CC1CCCNC1)C(=O)O. The Morgan fingerprint density at radius 2 is 2.18 bits per heavy atom. The molecular formula is C12H22N2O3. The van der Waals surface area contributed by atoms with E-state index in [4.69, 9.17) is 5.11 Å². The van der Waals surface area contributed by atoms with Gasteiger partial charge in [0.15, 0.2) is 0 Å². The second-order valence-corrected chi connectivity index (χ2v) is 5.04. The van der Waals surface area contributed by atoms with Gasteiger partial charge in [0.25, 0.3) is 0 Å². The molecule has 5 heteroatoms. The van der Waals surface area contributed by atoms with E-state index < -0.39 is 12.0 Å². The Hall–Kier alpha value is -1.10. The Labute approximate surface area is 102 Å². The van der Waals surface area contributed by atoms with Crippen molar-refractivity contribution >= 4 is 11.9 Å². The van der Waals surface area contributed by atoms with Gasteiger partial charge in [-0.2, -0.15) is 0 Å². The highest BCUT2D eigenvalue weighted by Gasteiger charge is 2.25. The number of carbonyl (C=O) groups is 2. The third-order valence-electron chi connectivity index (χ3n) is 3.12. The van der Waals surface area contributed by atoms with Crippen LogP contribution in [0.4, 0.5) is 0 Å². The smallest absolute Gasteiger partial charge is 0.326 e. The number of carboxylic acids is 1. The molecule has 17 heavy (non-hydrogen) atoms. The normalized spacial score (nSPS) is 22.2. The van der Waals surface area contributed by atoms with Crippen LogP contribution in [0.3, 0.4) is 0 Å². The molecule has 0 aromatic rings. The zero-order valence-electron chi connectivity index (χ0n) is 10.5. The molecule has 0 spiro atoms. The summed E-state index contributed by atoms with van der Waals surface area (Å²) in [6.45, 7) is 5.46. The lowest BCUT2D eigenvalue weighted by Crippen LogP contribution is -2.45. The minimum atomic E-state index is -0.963. The fourth-order valence-electron chi connectivity index (χ4n) is 2.11. The second-order valence-electron chi connectivity index (χ2n) is 5.04. The van der Waals surface area contributed by atoms with E-state index >= 15 is 0 Å². The summed E-state index contributed by atoms with van der Waals surface area (Å²) >= 11 is 0. The first-order valence-corrected chi connectivity index (χ1v) is 6.23. The number of amides is 1. The van der Waals surface area contributed by atoms with Gasteiger partial charge >= 0.3 is 5.97 Å². The van der Waals surface area contributed by atoms with Crippen molar-refractivity contribution in [2.45, 2.75) is 39.2 Å². The summed E-state index contributed by atoms with van der Waals surface area (Å²) in [4.78, 5) is 22.7. The highest BCUT2D eigenvalue weighted by atomic mass is 16.4. The van der Waals surface area contributed by atoms with Crippen LogP contribution in [0.2, 0.25) is 0 Å². The Kier molecular flexibility index (Phi) is 5.41. The molecule has 1 saturated heterocycles. The van der Waals surface area contributed by atoms with E-state index in [0.717, 1.165) is 25.9 Å². The maximum Gasteiger partial charge on any atom is 0.326 e. The highest BCUT2D eigenvalue weighted by Crippen LogP contribution is 2.14. The van der Waals surface area contributed by atoms with Crippen LogP contribution in [0.15, 0.2) is 0 Å². The fourth-order valence-corrected chi connectivity index (χ4v) is 2.11. The van der Waals surface area contributed by atoms with Gasteiger partial charge in [0.1, 0.15) is 6.04 Å². The van der Waals surface area contributed by atoms with Crippen LogP contribution in [-0.2, 0) is 9.59 Å². The van der Waals surface area contributed by atoms with Crippen molar-refractivity contribution in [3.05, 3.63) is 0 Å². The Bertz CT molecular complexity index is 273. The molecule has 0 aromatic heterocycles. The molecule has 1 fully saturated rings. The van der Waals surface area contributed by atoms with Crippen LogP contribution in [0.1, 0.15) is 33.1 Å². The van der Waals surface area contributed by atoms with Gasteiger partial charge in [0, 0.05) is 6.42 Å².